The van der Waals surface area contributed by atoms with Gasteiger partial charge in [-0.1, -0.05) is 0 Å². The first-order valence-corrected chi connectivity index (χ1v) is 12.5. The topological polar surface area (TPSA) is 183 Å². The summed E-state index contributed by atoms with van der Waals surface area (Å²) in [7, 11) is 0. The van der Waals surface area contributed by atoms with Crippen LogP contribution in [0.25, 0.3) is 0 Å². The summed E-state index contributed by atoms with van der Waals surface area (Å²) in [6.45, 7) is 4.39. The summed E-state index contributed by atoms with van der Waals surface area (Å²) in [5, 5.41) is 22.3. The number of amidine groups is 1. The Kier molecular flexibility index (Phi) is 10.9. The number of carbonyl (C=O) groups is 2. The number of aliphatic hydroxyl groups is 1. The SMILES string of the molecule is CCOC(=O)C(Nc1ccc(C(=N)NC(=O)OCc2oc(=O)oc2C)cc1)c1cc(OCC)c(OCCO)cc1F. The molecule has 0 radical (unpaired) electrons. The van der Waals surface area contributed by atoms with Crippen molar-refractivity contribution >= 4 is 23.6 Å². The largest absolute Gasteiger partial charge is 0.519 e. The number of hydrogen-bond donors (Lipinski definition) is 4. The van der Waals surface area contributed by atoms with E-state index in [1.807, 2.05) is 0 Å². The zero-order valence-corrected chi connectivity index (χ0v) is 22.6. The highest BCUT2D eigenvalue weighted by Gasteiger charge is 2.27. The summed E-state index contributed by atoms with van der Waals surface area (Å²) < 4.78 is 45.6. The van der Waals surface area contributed by atoms with E-state index in [0.717, 1.165) is 6.07 Å². The monoisotopic (exact) mass is 575 g/mol. The Hall–Kier alpha value is -4.85. The molecule has 0 saturated carbocycles. The fourth-order valence-corrected chi connectivity index (χ4v) is 3.55. The van der Waals surface area contributed by atoms with Crippen LogP contribution in [0.1, 0.15) is 42.5 Å². The van der Waals surface area contributed by atoms with Crippen molar-refractivity contribution < 1.29 is 46.9 Å². The lowest BCUT2D eigenvalue weighted by Gasteiger charge is -2.21. The minimum Gasteiger partial charge on any atom is -0.490 e. The van der Waals surface area contributed by atoms with E-state index in [2.05, 4.69) is 15.1 Å². The molecule has 1 heterocycles. The van der Waals surface area contributed by atoms with Gasteiger partial charge in [0.2, 0.25) is 0 Å². The van der Waals surface area contributed by atoms with Crippen molar-refractivity contribution in [3.8, 4) is 11.5 Å². The third-order valence-corrected chi connectivity index (χ3v) is 5.43. The normalized spacial score (nSPS) is 11.3. The van der Waals surface area contributed by atoms with Gasteiger partial charge in [-0.05, 0) is 51.1 Å². The molecule has 41 heavy (non-hydrogen) atoms. The Morgan fingerprint density at radius 3 is 2.37 bits per heavy atom. The number of alkyl carbamates (subject to hydrolysis) is 1. The number of carbonyl (C=O) groups excluding carboxylic acids is 2. The Labute approximate surface area is 233 Å². The molecule has 4 N–H and O–H groups in total. The molecular weight excluding hydrogens is 545 g/mol. The number of amides is 1. The van der Waals surface area contributed by atoms with Crippen LogP contribution in [0, 0.1) is 18.2 Å². The van der Waals surface area contributed by atoms with Crippen LogP contribution in [-0.4, -0.2) is 49.4 Å². The fraction of sp³-hybridized carbons (Fsp3) is 0.333. The molecule has 3 aromatic rings. The quantitative estimate of drug-likeness (QED) is 0.133. The number of aryl methyl sites for hydroxylation is 1. The first kappa shape index (κ1) is 30.7. The Morgan fingerprint density at radius 2 is 1.76 bits per heavy atom. The highest BCUT2D eigenvalue weighted by atomic mass is 19.1. The number of halogens is 1. The maximum absolute atomic E-state index is 15.2. The van der Waals surface area contributed by atoms with Gasteiger partial charge in [-0.15, -0.1) is 0 Å². The van der Waals surface area contributed by atoms with Crippen LogP contribution in [0.4, 0.5) is 14.9 Å². The molecule has 0 saturated heterocycles. The molecule has 1 amide bonds. The number of ether oxygens (including phenoxy) is 4. The summed E-state index contributed by atoms with van der Waals surface area (Å²) >= 11 is 0. The van der Waals surface area contributed by atoms with E-state index >= 15 is 4.39 Å². The maximum atomic E-state index is 15.2. The molecule has 0 aliphatic carbocycles. The second-order valence-corrected chi connectivity index (χ2v) is 8.24. The molecule has 0 bridgehead atoms. The summed E-state index contributed by atoms with van der Waals surface area (Å²) in [6.07, 6.45) is -0.963. The van der Waals surface area contributed by atoms with E-state index in [-0.39, 0.29) is 67.5 Å². The van der Waals surface area contributed by atoms with Gasteiger partial charge in [0, 0.05) is 22.9 Å². The van der Waals surface area contributed by atoms with E-state index in [0.29, 0.717) is 11.3 Å². The number of aliphatic hydroxyl groups excluding tert-OH is 1. The second kappa shape index (κ2) is 14.5. The number of anilines is 1. The number of benzene rings is 2. The molecule has 1 atom stereocenters. The van der Waals surface area contributed by atoms with Crippen molar-refractivity contribution in [3.05, 3.63) is 75.5 Å². The van der Waals surface area contributed by atoms with Crippen LogP contribution in [0.5, 0.6) is 11.5 Å². The summed E-state index contributed by atoms with van der Waals surface area (Å²) in [5.41, 5.74) is 0.611. The number of nitrogens with one attached hydrogen (secondary N) is 3. The Balaban J connectivity index is 1.74. The third-order valence-electron chi connectivity index (χ3n) is 5.43. The van der Waals surface area contributed by atoms with Crippen LogP contribution in [0.15, 0.2) is 50.0 Å². The first-order valence-electron chi connectivity index (χ1n) is 12.5. The average molecular weight is 576 g/mol. The zero-order chi connectivity index (χ0) is 29.9. The first-order chi connectivity index (χ1) is 19.7. The van der Waals surface area contributed by atoms with Crippen molar-refractivity contribution in [2.75, 3.05) is 31.7 Å². The minimum atomic E-state index is -1.27. The van der Waals surface area contributed by atoms with E-state index in [1.54, 1.807) is 13.8 Å². The highest BCUT2D eigenvalue weighted by molar-refractivity contribution is 6.04. The molecule has 220 valence electrons. The summed E-state index contributed by atoms with van der Waals surface area (Å²) in [4.78, 5) is 36.0. The van der Waals surface area contributed by atoms with Crippen LogP contribution < -0.4 is 25.9 Å². The van der Waals surface area contributed by atoms with E-state index < -0.39 is 29.7 Å². The van der Waals surface area contributed by atoms with E-state index in [9.17, 15) is 14.4 Å². The van der Waals surface area contributed by atoms with Gasteiger partial charge in [-0.3, -0.25) is 10.7 Å². The lowest BCUT2D eigenvalue weighted by atomic mass is 10.0. The van der Waals surface area contributed by atoms with E-state index in [4.69, 9.17) is 33.9 Å². The molecule has 14 heteroatoms. The second-order valence-electron chi connectivity index (χ2n) is 8.24. The molecule has 1 aromatic heterocycles. The molecule has 3 rings (SSSR count). The molecule has 13 nitrogen and oxygen atoms in total. The smallest absolute Gasteiger partial charge is 0.490 e. The van der Waals surface area contributed by atoms with Crippen molar-refractivity contribution in [2.24, 2.45) is 0 Å². The lowest BCUT2D eigenvalue weighted by molar-refractivity contribution is -0.144. The van der Waals surface area contributed by atoms with Crippen molar-refractivity contribution in [1.29, 1.82) is 5.41 Å². The molecule has 0 fully saturated rings. The number of hydrogen-bond acceptors (Lipinski definition) is 12. The molecule has 1 unspecified atom stereocenters. The van der Waals surface area contributed by atoms with Crippen molar-refractivity contribution in [1.82, 2.24) is 5.32 Å². The molecule has 0 aliphatic heterocycles. The van der Waals surface area contributed by atoms with Gasteiger partial charge in [-0.2, -0.15) is 0 Å². The van der Waals surface area contributed by atoms with Crippen LogP contribution >= 0.6 is 0 Å². The molecule has 2 aromatic carbocycles. The van der Waals surface area contributed by atoms with Gasteiger partial charge in [0.1, 0.15) is 18.3 Å². The number of esters is 1. The maximum Gasteiger partial charge on any atom is 0.519 e. The molecule has 0 spiro atoms. The van der Waals surface area contributed by atoms with Crippen LogP contribution in [0.3, 0.4) is 0 Å². The van der Waals surface area contributed by atoms with Crippen LogP contribution in [-0.2, 0) is 20.9 Å². The van der Waals surface area contributed by atoms with Crippen molar-refractivity contribution in [3.63, 3.8) is 0 Å². The lowest BCUT2D eigenvalue weighted by Crippen LogP contribution is -2.31. The third kappa shape index (κ3) is 8.32. The van der Waals surface area contributed by atoms with Crippen molar-refractivity contribution in [2.45, 2.75) is 33.4 Å². The summed E-state index contributed by atoms with van der Waals surface area (Å²) in [6, 6.07) is 7.14. The van der Waals surface area contributed by atoms with Gasteiger partial charge in [0.05, 0.1) is 19.8 Å². The molecule has 0 aliphatic rings. The Morgan fingerprint density at radius 1 is 1.05 bits per heavy atom. The van der Waals surface area contributed by atoms with E-state index in [1.165, 1.54) is 37.3 Å². The summed E-state index contributed by atoms with van der Waals surface area (Å²) in [5.74, 6) is -2.26. The standard InChI is InChI=1S/C27H30FN3O10/c1-4-36-20-12-18(19(28)13-21(20)38-11-10-32)23(25(33)37-5-2)30-17-8-6-16(7-9-17)24(29)31-26(34)39-14-22-15(3)40-27(35)41-22/h6-9,12-13,23,30,32H,4-5,10-11,14H2,1-3H3,(H2,29,31,34). The van der Waals surface area contributed by atoms with Crippen LogP contribution in [0.2, 0.25) is 0 Å². The zero-order valence-electron chi connectivity index (χ0n) is 22.6. The Bertz CT molecular complexity index is 1420. The number of rotatable bonds is 13. The van der Waals surface area contributed by atoms with Gasteiger partial charge in [-0.25, -0.2) is 18.8 Å². The van der Waals surface area contributed by atoms with Gasteiger partial charge in [0.15, 0.2) is 35.7 Å². The molecular formula is C27H30FN3O10. The predicted molar refractivity (Wildman–Crippen MR) is 142 cm³/mol. The van der Waals surface area contributed by atoms with Gasteiger partial charge in [0.25, 0.3) is 0 Å². The highest BCUT2D eigenvalue weighted by Crippen LogP contribution is 2.35. The van der Waals surface area contributed by atoms with Gasteiger partial charge < -0.3 is 38.2 Å². The average Bonchev–Trinajstić information content (AvgIpc) is 3.27. The fourth-order valence-electron chi connectivity index (χ4n) is 3.55. The van der Waals surface area contributed by atoms with Gasteiger partial charge >= 0.3 is 17.9 Å². The predicted octanol–water partition coefficient (Wildman–Crippen LogP) is 3.42. The minimum absolute atomic E-state index is 0.0420.